The van der Waals surface area contributed by atoms with Gasteiger partial charge in [0, 0.05) is 11.7 Å². The Labute approximate surface area is 143 Å². The monoisotopic (exact) mass is 324 g/mol. The van der Waals surface area contributed by atoms with E-state index in [0.29, 0.717) is 13.0 Å². The lowest BCUT2D eigenvalue weighted by atomic mass is 10.0. The normalized spacial score (nSPS) is 19.1. The third kappa shape index (κ3) is 4.43. The van der Waals surface area contributed by atoms with Crippen LogP contribution in [0, 0.1) is 0 Å². The van der Waals surface area contributed by atoms with Crippen LogP contribution >= 0.6 is 0 Å². The smallest absolute Gasteiger partial charge is 0.238 e. The van der Waals surface area contributed by atoms with E-state index in [1.54, 1.807) is 0 Å². The van der Waals surface area contributed by atoms with Crippen molar-refractivity contribution in [1.29, 1.82) is 0 Å². The number of hydrogen-bond acceptors (Lipinski definition) is 3. The number of para-hydroxylation sites is 1. The van der Waals surface area contributed by atoms with Gasteiger partial charge in [-0.15, -0.1) is 0 Å². The Bertz CT molecular complexity index is 645. The first kappa shape index (κ1) is 16.7. The summed E-state index contributed by atoms with van der Waals surface area (Å²) in [6.07, 6.45) is 2.30. The SMILES string of the molecule is O=C(CN1CCCC1CC(O)c1ccccc1)Nc1ccccc1. The summed E-state index contributed by atoms with van der Waals surface area (Å²) in [5, 5.41) is 13.4. The largest absolute Gasteiger partial charge is 0.388 e. The van der Waals surface area contributed by atoms with Crippen molar-refractivity contribution in [3.8, 4) is 0 Å². The summed E-state index contributed by atoms with van der Waals surface area (Å²) in [7, 11) is 0. The van der Waals surface area contributed by atoms with Gasteiger partial charge in [-0.05, 0) is 43.5 Å². The van der Waals surface area contributed by atoms with E-state index in [1.165, 1.54) is 0 Å². The highest BCUT2D eigenvalue weighted by atomic mass is 16.3. The number of amides is 1. The fourth-order valence-corrected chi connectivity index (χ4v) is 3.35. The van der Waals surface area contributed by atoms with E-state index in [1.807, 2.05) is 60.7 Å². The molecule has 3 rings (SSSR count). The van der Waals surface area contributed by atoms with Crippen molar-refractivity contribution in [1.82, 2.24) is 4.90 Å². The molecule has 4 heteroatoms. The lowest BCUT2D eigenvalue weighted by molar-refractivity contribution is -0.117. The molecule has 1 heterocycles. The molecule has 126 valence electrons. The van der Waals surface area contributed by atoms with Crippen molar-refractivity contribution in [2.24, 2.45) is 0 Å². The van der Waals surface area contributed by atoms with Crippen LogP contribution in [0.5, 0.6) is 0 Å². The minimum Gasteiger partial charge on any atom is -0.388 e. The molecule has 4 nitrogen and oxygen atoms in total. The van der Waals surface area contributed by atoms with Gasteiger partial charge in [0.15, 0.2) is 0 Å². The Hall–Kier alpha value is -2.17. The van der Waals surface area contributed by atoms with Crippen molar-refractivity contribution < 1.29 is 9.90 Å². The number of rotatable bonds is 6. The lowest BCUT2D eigenvalue weighted by Gasteiger charge is -2.26. The fraction of sp³-hybridized carbons (Fsp3) is 0.350. The second-order valence-corrected chi connectivity index (χ2v) is 6.34. The van der Waals surface area contributed by atoms with Gasteiger partial charge in [0.2, 0.25) is 5.91 Å². The molecule has 2 unspecified atom stereocenters. The van der Waals surface area contributed by atoms with Crippen LogP contribution in [0.3, 0.4) is 0 Å². The van der Waals surface area contributed by atoms with Gasteiger partial charge in [-0.25, -0.2) is 0 Å². The standard InChI is InChI=1S/C20H24N2O2/c23-19(16-8-3-1-4-9-16)14-18-12-7-13-22(18)15-20(24)21-17-10-5-2-6-11-17/h1-6,8-11,18-19,23H,7,12-15H2,(H,21,24). The molecule has 1 aliphatic rings. The second-order valence-electron chi connectivity index (χ2n) is 6.34. The third-order valence-electron chi connectivity index (χ3n) is 4.58. The van der Waals surface area contributed by atoms with Gasteiger partial charge in [0.25, 0.3) is 0 Å². The summed E-state index contributed by atoms with van der Waals surface area (Å²) in [6, 6.07) is 19.5. The molecule has 2 N–H and O–H groups in total. The zero-order valence-electron chi connectivity index (χ0n) is 13.8. The van der Waals surface area contributed by atoms with Gasteiger partial charge in [-0.2, -0.15) is 0 Å². The van der Waals surface area contributed by atoms with E-state index in [0.717, 1.165) is 30.6 Å². The van der Waals surface area contributed by atoms with Crippen molar-refractivity contribution in [3.63, 3.8) is 0 Å². The maximum Gasteiger partial charge on any atom is 0.238 e. The molecule has 2 aromatic carbocycles. The number of aliphatic hydroxyl groups is 1. The van der Waals surface area contributed by atoms with Crippen molar-refractivity contribution in [2.75, 3.05) is 18.4 Å². The molecule has 2 atom stereocenters. The van der Waals surface area contributed by atoms with E-state index in [-0.39, 0.29) is 11.9 Å². The first-order chi connectivity index (χ1) is 11.7. The summed E-state index contributed by atoms with van der Waals surface area (Å²) >= 11 is 0. The second kappa shape index (κ2) is 8.08. The Morgan fingerprint density at radius 3 is 2.50 bits per heavy atom. The molecular weight excluding hydrogens is 300 g/mol. The number of benzene rings is 2. The van der Waals surface area contributed by atoms with Crippen LogP contribution in [0.2, 0.25) is 0 Å². The van der Waals surface area contributed by atoms with E-state index in [9.17, 15) is 9.90 Å². The van der Waals surface area contributed by atoms with Crippen LogP contribution in [-0.4, -0.2) is 35.0 Å². The Balaban J connectivity index is 1.54. The Morgan fingerprint density at radius 2 is 1.79 bits per heavy atom. The predicted molar refractivity (Wildman–Crippen MR) is 95.7 cm³/mol. The molecule has 24 heavy (non-hydrogen) atoms. The summed E-state index contributed by atoms with van der Waals surface area (Å²) < 4.78 is 0. The molecule has 1 aliphatic heterocycles. The number of nitrogens with zero attached hydrogens (tertiary/aromatic N) is 1. The number of anilines is 1. The number of likely N-dealkylation sites (tertiary alicyclic amines) is 1. The van der Waals surface area contributed by atoms with Crippen molar-refractivity contribution in [3.05, 3.63) is 66.2 Å². The van der Waals surface area contributed by atoms with Gasteiger partial charge in [0.1, 0.15) is 0 Å². The molecule has 0 aromatic heterocycles. The van der Waals surface area contributed by atoms with E-state index in [4.69, 9.17) is 0 Å². The van der Waals surface area contributed by atoms with Crippen LogP contribution in [-0.2, 0) is 4.79 Å². The van der Waals surface area contributed by atoms with Gasteiger partial charge in [0.05, 0.1) is 12.6 Å². The fourth-order valence-electron chi connectivity index (χ4n) is 3.35. The summed E-state index contributed by atoms with van der Waals surface area (Å²) in [5.74, 6) is 0.00213. The number of aliphatic hydroxyl groups excluding tert-OH is 1. The zero-order valence-corrected chi connectivity index (χ0v) is 13.8. The van der Waals surface area contributed by atoms with Crippen LogP contribution < -0.4 is 5.32 Å². The molecule has 1 saturated heterocycles. The Kier molecular flexibility index (Phi) is 5.62. The van der Waals surface area contributed by atoms with Gasteiger partial charge < -0.3 is 10.4 Å². The molecule has 1 amide bonds. The number of carbonyl (C=O) groups is 1. The van der Waals surface area contributed by atoms with E-state index >= 15 is 0 Å². The maximum absolute atomic E-state index is 12.3. The van der Waals surface area contributed by atoms with Crippen molar-refractivity contribution >= 4 is 11.6 Å². The minimum absolute atomic E-state index is 0.00213. The summed E-state index contributed by atoms with van der Waals surface area (Å²) in [5.41, 5.74) is 1.76. The maximum atomic E-state index is 12.3. The summed E-state index contributed by atoms with van der Waals surface area (Å²) in [4.78, 5) is 14.4. The van der Waals surface area contributed by atoms with Crippen LogP contribution in [0.15, 0.2) is 60.7 Å². The molecule has 0 radical (unpaired) electrons. The van der Waals surface area contributed by atoms with Crippen LogP contribution in [0.4, 0.5) is 5.69 Å². The van der Waals surface area contributed by atoms with Gasteiger partial charge in [-0.1, -0.05) is 48.5 Å². The predicted octanol–water partition coefficient (Wildman–Crippen LogP) is 3.21. The molecule has 0 aliphatic carbocycles. The molecule has 0 bridgehead atoms. The third-order valence-corrected chi connectivity index (χ3v) is 4.58. The van der Waals surface area contributed by atoms with E-state index < -0.39 is 6.10 Å². The number of carbonyl (C=O) groups excluding carboxylic acids is 1. The molecule has 0 spiro atoms. The first-order valence-electron chi connectivity index (χ1n) is 8.54. The average Bonchev–Trinajstić information content (AvgIpc) is 3.03. The molecule has 1 fully saturated rings. The highest BCUT2D eigenvalue weighted by Gasteiger charge is 2.28. The van der Waals surface area contributed by atoms with E-state index in [2.05, 4.69) is 10.2 Å². The van der Waals surface area contributed by atoms with Crippen LogP contribution in [0.1, 0.15) is 30.9 Å². The highest BCUT2D eigenvalue weighted by Crippen LogP contribution is 2.27. The molecule has 0 saturated carbocycles. The zero-order chi connectivity index (χ0) is 16.8. The topological polar surface area (TPSA) is 52.6 Å². The quantitative estimate of drug-likeness (QED) is 0.858. The highest BCUT2D eigenvalue weighted by molar-refractivity contribution is 5.92. The van der Waals surface area contributed by atoms with Gasteiger partial charge in [-0.3, -0.25) is 9.69 Å². The van der Waals surface area contributed by atoms with Gasteiger partial charge >= 0.3 is 0 Å². The molecular formula is C20H24N2O2. The lowest BCUT2D eigenvalue weighted by Crippen LogP contribution is -2.37. The minimum atomic E-state index is -0.478. The number of nitrogens with one attached hydrogen (secondary N) is 1. The Morgan fingerprint density at radius 1 is 1.12 bits per heavy atom. The molecule has 2 aromatic rings. The number of hydrogen-bond donors (Lipinski definition) is 2. The summed E-state index contributed by atoms with van der Waals surface area (Å²) in [6.45, 7) is 1.29. The van der Waals surface area contributed by atoms with Crippen LogP contribution in [0.25, 0.3) is 0 Å². The first-order valence-corrected chi connectivity index (χ1v) is 8.54. The van der Waals surface area contributed by atoms with Crippen molar-refractivity contribution in [2.45, 2.75) is 31.4 Å². The average molecular weight is 324 g/mol.